The molecule has 4 nitrogen and oxygen atoms in total. The van der Waals surface area contributed by atoms with Gasteiger partial charge in [-0.15, -0.1) is 0 Å². The number of piperidine rings is 1. The van der Waals surface area contributed by atoms with Gasteiger partial charge in [0.2, 0.25) is 0 Å². The zero-order valence-corrected chi connectivity index (χ0v) is 11.5. The first-order valence-electron chi connectivity index (χ1n) is 7.20. The highest BCUT2D eigenvalue weighted by Gasteiger charge is 2.21. The van der Waals surface area contributed by atoms with Gasteiger partial charge in [0.1, 0.15) is 5.65 Å². The summed E-state index contributed by atoms with van der Waals surface area (Å²) in [4.78, 5) is 7.30. The minimum atomic E-state index is 0.577. The van der Waals surface area contributed by atoms with E-state index in [0.29, 0.717) is 12.5 Å². The predicted molar refractivity (Wildman–Crippen MR) is 77.2 cm³/mol. The van der Waals surface area contributed by atoms with Crippen LogP contribution in [-0.2, 0) is 6.54 Å². The summed E-state index contributed by atoms with van der Waals surface area (Å²) in [6.45, 7) is 6.37. The Morgan fingerprint density at radius 2 is 2.16 bits per heavy atom. The van der Waals surface area contributed by atoms with Gasteiger partial charge in [0.15, 0.2) is 0 Å². The van der Waals surface area contributed by atoms with Gasteiger partial charge in [-0.05, 0) is 50.2 Å². The van der Waals surface area contributed by atoms with Crippen LogP contribution in [0.25, 0.3) is 5.65 Å². The highest BCUT2D eigenvalue weighted by Crippen LogP contribution is 2.27. The van der Waals surface area contributed by atoms with Crippen LogP contribution in [0.1, 0.15) is 36.9 Å². The average molecular weight is 258 g/mol. The molecule has 0 spiro atoms. The molecule has 3 heterocycles. The second-order valence-corrected chi connectivity index (χ2v) is 5.38. The van der Waals surface area contributed by atoms with Crippen molar-refractivity contribution in [2.45, 2.75) is 32.2 Å². The van der Waals surface area contributed by atoms with Crippen LogP contribution in [0.3, 0.4) is 0 Å². The van der Waals surface area contributed by atoms with E-state index in [0.717, 1.165) is 17.8 Å². The van der Waals surface area contributed by atoms with Crippen LogP contribution in [0.5, 0.6) is 0 Å². The summed E-state index contributed by atoms with van der Waals surface area (Å²) in [5.41, 5.74) is 9.09. The van der Waals surface area contributed by atoms with E-state index in [1.165, 1.54) is 31.6 Å². The van der Waals surface area contributed by atoms with Crippen molar-refractivity contribution in [2.75, 3.05) is 19.6 Å². The Morgan fingerprint density at radius 3 is 2.84 bits per heavy atom. The minimum absolute atomic E-state index is 0.577. The maximum Gasteiger partial charge on any atom is 0.137 e. The Labute approximate surface area is 114 Å². The third kappa shape index (κ3) is 2.51. The van der Waals surface area contributed by atoms with E-state index in [4.69, 9.17) is 10.7 Å². The first-order chi connectivity index (χ1) is 9.30. The molecular weight excluding hydrogens is 236 g/mol. The molecule has 0 radical (unpaired) electrons. The van der Waals surface area contributed by atoms with Crippen LogP contribution in [0.4, 0.5) is 0 Å². The highest BCUT2D eigenvalue weighted by molar-refractivity contribution is 5.43. The lowest BCUT2D eigenvalue weighted by atomic mass is 9.94. The number of pyridine rings is 1. The number of aromatic nitrogens is 2. The second-order valence-electron chi connectivity index (χ2n) is 5.38. The first kappa shape index (κ1) is 12.6. The maximum atomic E-state index is 5.68. The molecular formula is C15H22N4. The summed E-state index contributed by atoms with van der Waals surface area (Å²) in [6.07, 6.45) is 6.69. The molecule has 4 heteroatoms. The molecule has 2 aromatic heterocycles. The van der Waals surface area contributed by atoms with Gasteiger partial charge in [0.25, 0.3) is 0 Å². The fourth-order valence-corrected chi connectivity index (χ4v) is 2.91. The molecule has 0 unspecified atom stereocenters. The van der Waals surface area contributed by atoms with Crippen LogP contribution < -0.4 is 5.73 Å². The van der Waals surface area contributed by atoms with E-state index in [2.05, 4.69) is 40.8 Å². The quantitative estimate of drug-likeness (QED) is 0.916. The summed E-state index contributed by atoms with van der Waals surface area (Å²) in [5.74, 6) is 0.615. The Hall–Kier alpha value is -1.39. The van der Waals surface area contributed by atoms with Crippen molar-refractivity contribution >= 4 is 5.65 Å². The van der Waals surface area contributed by atoms with Crippen molar-refractivity contribution in [3.05, 3.63) is 35.8 Å². The van der Waals surface area contributed by atoms with E-state index in [1.54, 1.807) is 0 Å². The minimum Gasteiger partial charge on any atom is -0.326 e. The van der Waals surface area contributed by atoms with Gasteiger partial charge >= 0.3 is 0 Å². The molecule has 0 aromatic carbocycles. The molecule has 0 atom stereocenters. The smallest absolute Gasteiger partial charge is 0.137 e. The van der Waals surface area contributed by atoms with Crippen molar-refractivity contribution in [1.29, 1.82) is 0 Å². The van der Waals surface area contributed by atoms with Gasteiger partial charge in [-0.3, -0.25) is 0 Å². The van der Waals surface area contributed by atoms with Crippen LogP contribution >= 0.6 is 0 Å². The van der Waals surface area contributed by atoms with Crippen molar-refractivity contribution in [3.8, 4) is 0 Å². The van der Waals surface area contributed by atoms with Crippen molar-refractivity contribution < 1.29 is 0 Å². The molecule has 0 saturated carbocycles. The number of hydrogen-bond acceptors (Lipinski definition) is 3. The van der Waals surface area contributed by atoms with Gasteiger partial charge in [0.05, 0.1) is 5.69 Å². The molecule has 1 fully saturated rings. The van der Waals surface area contributed by atoms with Gasteiger partial charge < -0.3 is 15.0 Å². The average Bonchev–Trinajstić information content (AvgIpc) is 2.90. The molecule has 0 amide bonds. The fraction of sp³-hybridized carbons (Fsp3) is 0.533. The van der Waals surface area contributed by atoms with Crippen molar-refractivity contribution in [1.82, 2.24) is 14.3 Å². The number of nitrogens with zero attached hydrogens (tertiary/aromatic N) is 3. The van der Waals surface area contributed by atoms with Crippen LogP contribution in [0.15, 0.2) is 24.5 Å². The molecule has 2 aromatic rings. The van der Waals surface area contributed by atoms with Crippen molar-refractivity contribution in [2.24, 2.45) is 5.73 Å². The maximum absolute atomic E-state index is 5.68. The second kappa shape index (κ2) is 5.31. The van der Waals surface area contributed by atoms with E-state index in [-0.39, 0.29) is 0 Å². The molecule has 19 heavy (non-hydrogen) atoms. The number of likely N-dealkylation sites (tertiary alicyclic amines) is 1. The zero-order chi connectivity index (χ0) is 13.2. The number of fused-ring (bicyclic) bond motifs is 1. The van der Waals surface area contributed by atoms with Crippen molar-refractivity contribution in [3.63, 3.8) is 0 Å². The summed E-state index contributed by atoms with van der Waals surface area (Å²) in [7, 11) is 0. The van der Waals surface area contributed by atoms with E-state index < -0.39 is 0 Å². The third-order valence-corrected chi connectivity index (χ3v) is 4.23. The lowest BCUT2D eigenvalue weighted by molar-refractivity contribution is 0.221. The Morgan fingerprint density at radius 1 is 1.37 bits per heavy atom. The van der Waals surface area contributed by atoms with Crippen LogP contribution in [0, 0.1) is 0 Å². The Bertz CT molecular complexity index is 552. The normalized spacial score (nSPS) is 18.2. The highest BCUT2D eigenvalue weighted by atomic mass is 15.1. The predicted octanol–water partition coefficient (Wildman–Crippen LogP) is 1.99. The summed E-state index contributed by atoms with van der Waals surface area (Å²) in [6, 6.07) is 4.16. The summed E-state index contributed by atoms with van der Waals surface area (Å²) in [5, 5.41) is 0. The van der Waals surface area contributed by atoms with Gasteiger partial charge in [-0.2, -0.15) is 0 Å². The molecule has 2 N–H and O–H groups in total. The largest absolute Gasteiger partial charge is 0.326 e. The lowest BCUT2D eigenvalue weighted by Crippen LogP contribution is -2.32. The molecule has 3 rings (SSSR count). The Balaban J connectivity index is 1.81. The molecule has 1 aliphatic heterocycles. The monoisotopic (exact) mass is 258 g/mol. The van der Waals surface area contributed by atoms with E-state index >= 15 is 0 Å². The van der Waals surface area contributed by atoms with Crippen LogP contribution in [0.2, 0.25) is 0 Å². The summed E-state index contributed by atoms with van der Waals surface area (Å²) < 4.78 is 2.11. The number of hydrogen-bond donors (Lipinski definition) is 1. The number of rotatable bonds is 3. The molecule has 102 valence electrons. The Kier molecular flexibility index (Phi) is 3.53. The SMILES string of the molecule is CCN1CCC(c2cn3ccc(CN)cc3n2)CC1. The third-order valence-electron chi connectivity index (χ3n) is 4.23. The number of imidazole rings is 1. The van der Waals surface area contributed by atoms with Gasteiger partial charge in [-0.25, -0.2) is 4.98 Å². The lowest BCUT2D eigenvalue weighted by Gasteiger charge is -2.30. The summed E-state index contributed by atoms with van der Waals surface area (Å²) >= 11 is 0. The topological polar surface area (TPSA) is 46.6 Å². The zero-order valence-electron chi connectivity index (χ0n) is 11.5. The van der Waals surface area contributed by atoms with Gasteiger partial charge in [-0.1, -0.05) is 6.92 Å². The standard InChI is InChI=1S/C15H22N4/c1-2-18-6-4-13(5-7-18)14-11-19-8-3-12(10-16)9-15(19)17-14/h3,8-9,11,13H,2,4-7,10,16H2,1H3. The van der Waals surface area contributed by atoms with Gasteiger partial charge in [0, 0.05) is 24.9 Å². The molecule has 0 aliphatic carbocycles. The molecule has 1 aliphatic rings. The molecule has 1 saturated heterocycles. The first-order valence-corrected chi connectivity index (χ1v) is 7.20. The van der Waals surface area contributed by atoms with E-state index in [1.807, 2.05) is 0 Å². The fourth-order valence-electron chi connectivity index (χ4n) is 2.91. The van der Waals surface area contributed by atoms with E-state index in [9.17, 15) is 0 Å². The molecule has 0 bridgehead atoms. The van der Waals surface area contributed by atoms with Crippen LogP contribution in [-0.4, -0.2) is 33.9 Å². The number of nitrogens with two attached hydrogens (primary N) is 1.